The summed E-state index contributed by atoms with van der Waals surface area (Å²) in [6.45, 7) is 4.07. The zero-order chi connectivity index (χ0) is 16.2. The Labute approximate surface area is 142 Å². The molecular weight excluding hydrogens is 329 g/mol. The van der Waals surface area contributed by atoms with Crippen LogP contribution in [0, 0.1) is 5.82 Å². The topological polar surface area (TPSA) is 29.6 Å². The van der Waals surface area contributed by atoms with E-state index in [2.05, 4.69) is 21.5 Å². The second kappa shape index (κ2) is 7.02. The van der Waals surface area contributed by atoms with Gasteiger partial charge in [0.05, 0.1) is 16.8 Å². The van der Waals surface area contributed by atoms with Gasteiger partial charge in [0, 0.05) is 11.4 Å². The van der Waals surface area contributed by atoms with Gasteiger partial charge in [0.15, 0.2) is 0 Å². The molecule has 0 amide bonds. The molecule has 3 aromatic rings. The monoisotopic (exact) mass is 345 g/mol. The Morgan fingerprint density at radius 3 is 2.74 bits per heavy atom. The van der Waals surface area contributed by atoms with Crippen LogP contribution in [0.1, 0.15) is 19.4 Å². The first kappa shape index (κ1) is 15.8. The molecule has 2 aromatic heterocycles. The van der Waals surface area contributed by atoms with E-state index in [9.17, 15) is 4.39 Å². The Kier molecular flexibility index (Phi) is 4.83. The van der Waals surface area contributed by atoms with E-state index in [1.54, 1.807) is 35.0 Å². The summed E-state index contributed by atoms with van der Waals surface area (Å²) in [7, 11) is 0. The average molecular weight is 345 g/mol. The lowest BCUT2D eigenvalue weighted by Crippen LogP contribution is -2.14. The number of halogens is 1. The second-order valence-electron chi connectivity index (χ2n) is 5.22. The standard InChI is InChI=1S/C17H16FN3S2/c1-12(2)20-17-21(15(11-23-17)16-7-4-8-22-16)19-10-13-5-3-6-14(18)9-13/h3-12H,1-2H3. The molecule has 0 saturated heterocycles. The van der Waals surface area contributed by atoms with Gasteiger partial charge in [-0.1, -0.05) is 18.2 Å². The molecule has 0 saturated carbocycles. The predicted molar refractivity (Wildman–Crippen MR) is 95.7 cm³/mol. The number of rotatable bonds is 4. The summed E-state index contributed by atoms with van der Waals surface area (Å²) >= 11 is 3.21. The molecule has 0 unspecified atom stereocenters. The van der Waals surface area contributed by atoms with Crippen molar-refractivity contribution < 1.29 is 4.39 Å². The highest BCUT2D eigenvalue weighted by molar-refractivity contribution is 7.14. The van der Waals surface area contributed by atoms with Crippen LogP contribution in [0.5, 0.6) is 0 Å². The SMILES string of the molecule is CC(C)N=c1scc(-c2cccs2)n1N=Cc1cccc(F)c1. The van der Waals surface area contributed by atoms with Gasteiger partial charge in [-0.15, -0.1) is 22.7 Å². The molecule has 0 aliphatic rings. The van der Waals surface area contributed by atoms with Crippen molar-refractivity contribution in [1.82, 2.24) is 4.68 Å². The molecule has 0 fully saturated rings. The Balaban J connectivity index is 2.07. The molecule has 1 aromatic carbocycles. The van der Waals surface area contributed by atoms with Crippen LogP contribution in [0.25, 0.3) is 10.6 Å². The fourth-order valence-electron chi connectivity index (χ4n) is 2.03. The molecule has 0 N–H and O–H groups in total. The van der Waals surface area contributed by atoms with Gasteiger partial charge in [0.1, 0.15) is 5.82 Å². The highest BCUT2D eigenvalue weighted by atomic mass is 32.1. The first-order chi connectivity index (χ1) is 11.1. The summed E-state index contributed by atoms with van der Waals surface area (Å²) in [6.07, 6.45) is 1.66. The molecule has 23 heavy (non-hydrogen) atoms. The number of hydrogen-bond acceptors (Lipinski definition) is 4. The van der Waals surface area contributed by atoms with Crippen molar-refractivity contribution in [2.75, 3.05) is 0 Å². The maximum atomic E-state index is 13.3. The fourth-order valence-corrected chi connectivity index (χ4v) is 3.79. The van der Waals surface area contributed by atoms with Gasteiger partial charge in [-0.05, 0) is 43.0 Å². The molecule has 6 heteroatoms. The van der Waals surface area contributed by atoms with Gasteiger partial charge in [-0.2, -0.15) is 5.10 Å². The van der Waals surface area contributed by atoms with Crippen molar-refractivity contribution in [3.8, 4) is 10.6 Å². The van der Waals surface area contributed by atoms with E-state index in [4.69, 9.17) is 0 Å². The number of hydrogen-bond donors (Lipinski definition) is 0. The van der Waals surface area contributed by atoms with E-state index in [0.717, 1.165) is 20.9 Å². The minimum absolute atomic E-state index is 0.181. The zero-order valence-electron chi connectivity index (χ0n) is 12.8. The molecule has 118 valence electrons. The first-order valence-corrected chi connectivity index (χ1v) is 8.97. The lowest BCUT2D eigenvalue weighted by Gasteiger charge is -2.02. The van der Waals surface area contributed by atoms with Crippen LogP contribution in [-0.4, -0.2) is 16.9 Å². The third-order valence-electron chi connectivity index (χ3n) is 3.00. The maximum absolute atomic E-state index is 13.3. The molecule has 3 nitrogen and oxygen atoms in total. The van der Waals surface area contributed by atoms with Crippen molar-refractivity contribution >= 4 is 28.9 Å². The number of benzene rings is 1. The van der Waals surface area contributed by atoms with Crippen molar-refractivity contribution in [2.45, 2.75) is 19.9 Å². The van der Waals surface area contributed by atoms with Gasteiger partial charge in [0.2, 0.25) is 4.80 Å². The van der Waals surface area contributed by atoms with Crippen LogP contribution < -0.4 is 4.80 Å². The largest absolute Gasteiger partial charge is 0.255 e. The molecule has 0 spiro atoms. The van der Waals surface area contributed by atoms with E-state index in [1.807, 2.05) is 36.0 Å². The molecule has 0 atom stereocenters. The third-order valence-corrected chi connectivity index (χ3v) is 4.72. The Hall–Kier alpha value is -2.05. The summed E-state index contributed by atoms with van der Waals surface area (Å²) in [5.74, 6) is -0.269. The normalized spacial score (nSPS) is 12.6. The van der Waals surface area contributed by atoms with Gasteiger partial charge >= 0.3 is 0 Å². The van der Waals surface area contributed by atoms with Crippen molar-refractivity contribution in [3.63, 3.8) is 0 Å². The summed E-state index contributed by atoms with van der Waals surface area (Å²) in [5.41, 5.74) is 1.72. The molecule has 0 aliphatic carbocycles. The lowest BCUT2D eigenvalue weighted by molar-refractivity contribution is 0.627. The Morgan fingerprint density at radius 2 is 2.04 bits per heavy atom. The molecule has 0 radical (unpaired) electrons. The summed E-state index contributed by atoms with van der Waals surface area (Å²) in [4.78, 5) is 6.58. The summed E-state index contributed by atoms with van der Waals surface area (Å²) in [6, 6.07) is 10.6. The van der Waals surface area contributed by atoms with Gasteiger partial charge in [0.25, 0.3) is 0 Å². The van der Waals surface area contributed by atoms with Crippen LogP contribution in [-0.2, 0) is 0 Å². The van der Waals surface area contributed by atoms with Crippen LogP contribution >= 0.6 is 22.7 Å². The number of aromatic nitrogens is 1. The smallest absolute Gasteiger partial charge is 0.206 e. The van der Waals surface area contributed by atoms with Crippen molar-refractivity contribution in [1.29, 1.82) is 0 Å². The van der Waals surface area contributed by atoms with Crippen molar-refractivity contribution in [2.24, 2.45) is 10.1 Å². The Morgan fingerprint density at radius 1 is 1.17 bits per heavy atom. The molecule has 0 bridgehead atoms. The zero-order valence-corrected chi connectivity index (χ0v) is 14.4. The lowest BCUT2D eigenvalue weighted by atomic mass is 10.2. The van der Waals surface area contributed by atoms with Gasteiger partial charge < -0.3 is 0 Å². The molecule has 0 aliphatic heterocycles. The summed E-state index contributed by atoms with van der Waals surface area (Å²) < 4.78 is 15.1. The summed E-state index contributed by atoms with van der Waals surface area (Å²) in [5, 5.41) is 8.62. The van der Waals surface area contributed by atoms with E-state index < -0.39 is 0 Å². The third kappa shape index (κ3) is 3.83. The van der Waals surface area contributed by atoms with Crippen molar-refractivity contribution in [3.05, 3.63) is 63.3 Å². The number of thiophene rings is 1. The van der Waals surface area contributed by atoms with E-state index in [-0.39, 0.29) is 11.9 Å². The number of nitrogens with zero attached hydrogens (tertiary/aromatic N) is 3. The fraction of sp³-hybridized carbons (Fsp3) is 0.176. The molecule has 3 rings (SSSR count). The highest BCUT2D eigenvalue weighted by Crippen LogP contribution is 2.25. The highest BCUT2D eigenvalue weighted by Gasteiger charge is 2.08. The first-order valence-electron chi connectivity index (χ1n) is 7.21. The van der Waals surface area contributed by atoms with E-state index in [1.165, 1.54) is 12.1 Å². The van der Waals surface area contributed by atoms with Gasteiger partial charge in [-0.25, -0.2) is 9.07 Å². The minimum Gasteiger partial charge on any atom is -0.255 e. The quantitative estimate of drug-likeness (QED) is 0.618. The minimum atomic E-state index is -0.269. The molecule has 2 heterocycles. The second-order valence-corrected chi connectivity index (χ2v) is 7.00. The van der Waals surface area contributed by atoms with E-state index >= 15 is 0 Å². The number of thiazole rings is 1. The Bertz CT molecular complexity index is 873. The van der Waals surface area contributed by atoms with Crippen LogP contribution in [0.4, 0.5) is 4.39 Å². The van der Waals surface area contributed by atoms with Gasteiger partial charge in [-0.3, -0.25) is 4.99 Å². The van der Waals surface area contributed by atoms with Crippen LogP contribution in [0.3, 0.4) is 0 Å². The van der Waals surface area contributed by atoms with E-state index in [0.29, 0.717) is 0 Å². The predicted octanol–water partition coefficient (Wildman–Crippen LogP) is 4.61. The van der Waals surface area contributed by atoms with Crippen LogP contribution in [0.15, 0.2) is 57.3 Å². The van der Waals surface area contributed by atoms with Crippen LogP contribution in [0.2, 0.25) is 0 Å². The molecular formula is C17H16FN3S2. The average Bonchev–Trinajstić information content (AvgIpc) is 3.14. The maximum Gasteiger partial charge on any atom is 0.206 e.